The van der Waals surface area contributed by atoms with E-state index in [9.17, 15) is 5.11 Å². The fourth-order valence-electron chi connectivity index (χ4n) is 2.88. The zero-order valence-electron chi connectivity index (χ0n) is 11.8. The highest BCUT2D eigenvalue weighted by Crippen LogP contribution is 2.26. The number of likely N-dealkylation sites (tertiary alicyclic amines) is 1. The third-order valence-electron chi connectivity index (χ3n) is 4.23. The molecule has 1 saturated heterocycles. The first-order valence-electron chi connectivity index (χ1n) is 7.04. The van der Waals surface area contributed by atoms with Crippen LogP contribution in [0.3, 0.4) is 0 Å². The van der Waals surface area contributed by atoms with E-state index in [0.29, 0.717) is 0 Å². The minimum Gasteiger partial charge on any atom is -0.387 e. The van der Waals surface area contributed by atoms with Gasteiger partial charge in [-0.2, -0.15) is 0 Å². The number of aryl methyl sites for hydroxylation is 1. The van der Waals surface area contributed by atoms with Crippen LogP contribution in [0.2, 0.25) is 0 Å². The second-order valence-corrected chi connectivity index (χ2v) is 5.92. The van der Waals surface area contributed by atoms with E-state index >= 15 is 0 Å². The van der Waals surface area contributed by atoms with E-state index in [0.717, 1.165) is 37.0 Å². The fraction of sp³-hybridized carbons (Fsp3) is 0.625. The lowest BCUT2D eigenvalue weighted by Gasteiger charge is -2.22. The van der Waals surface area contributed by atoms with E-state index in [2.05, 4.69) is 31.7 Å². The Bertz CT molecular complexity index is 388. The normalized spacial score (nSPS) is 22.6. The van der Waals surface area contributed by atoms with Crippen molar-refractivity contribution in [2.75, 3.05) is 19.6 Å². The second-order valence-electron chi connectivity index (χ2n) is 5.92. The van der Waals surface area contributed by atoms with Gasteiger partial charge in [0, 0.05) is 13.1 Å². The van der Waals surface area contributed by atoms with Gasteiger partial charge in [0.2, 0.25) is 0 Å². The van der Waals surface area contributed by atoms with Crippen molar-refractivity contribution >= 4 is 0 Å². The van der Waals surface area contributed by atoms with Gasteiger partial charge in [0.25, 0.3) is 0 Å². The Labute approximate surface area is 111 Å². The predicted octanol–water partition coefficient (Wildman–Crippen LogP) is 3.01. The number of aliphatic hydroxyl groups is 1. The molecular formula is C16H25NO. The zero-order valence-corrected chi connectivity index (χ0v) is 11.8. The lowest BCUT2D eigenvalue weighted by molar-refractivity contribution is 0.122. The number of nitrogens with zero attached hydrogens (tertiary/aromatic N) is 1. The quantitative estimate of drug-likeness (QED) is 0.884. The molecule has 2 unspecified atom stereocenters. The zero-order chi connectivity index (χ0) is 13.1. The van der Waals surface area contributed by atoms with Crippen molar-refractivity contribution in [3.8, 4) is 0 Å². The van der Waals surface area contributed by atoms with Crippen LogP contribution in [0.15, 0.2) is 24.3 Å². The summed E-state index contributed by atoms with van der Waals surface area (Å²) in [5, 5.41) is 10.3. The van der Waals surface area contributed by atoms with Crippen LogP contribution in [0, 0.1) is 18.8 Å². The van der Waals surface area contributed by atoms with Gasteiger partial charge in [-0.25, -0.2) is 0 Å². The third-order valence-corrected chi connectivity index (χ3v) is 4.23. The lowest BCUT2D eigenvalue weighted by Crippen LogP contribution is -2.27. The third kappa shape index (κ3) is 3.12. The van der Waals surface area contributed by atoms with Gasteiger partial charge >= 0.3 is 0 Å². The number of aliphatic hydroxyl groups excluding tert-OH is 1. The Hall–Kier alpha value is -0.860. The van der Waals surface area contributed by atoms with Gasteiger partial charge in [-0.05, 0) is 42.9 Å². The predicted molar refractivity (Wildman–Crippen MR) is 75.5 cm³/mol. The van der Waals surface area contributed by atoms with Crippen LogP contribution >= 0.6 is 0 Å². The summed E-state index contributed by atoms with van der Waals surface area (Å²) in [7, 11) is 0. The minimum atomic E-state index is -0.350. The van der Waals surface area contributed by atoms with Crippen molar-refractivity contribution in [2.24, 2.45) is 11.8 Å². The molecule has 0 amide bonds. The summed E-state index contributed by atoms with van der Waals surface area (Å²) in [4.78, 5) is 2.40. The minimum absolute atomic E-state index is 0.350. The summed E-state index contributed by atoms with van der Waals surface area (Å²) in [6.45, 7) is 9.71. The molecule has 1 aliphatic heterocycles. The molecule has 0 spiro atoms. The number of β-amino-alcohol motifs (C(OH)–C–C–N with tert-alkyl or cyclic N) is 1. The van der Waals surface area contributed by atoms with Crippen LogP contribution in [-0.4, -0.2) is 29.6 Å². The molecule has 2 rings (SSSR count). The van der Waals surface area contributed by atoms with Gasteiger partial charge < -0.3 is 10.0 Å². The molecule has 18 heavy (non-hydrogen) atoms. The summed E-state index contributed by atoms with van der Waals surface area (Å²) < 4.78 is 0. The smallest absolute Gasteiger partial charge is 0.0919 e. The first-order valence-corrected chi connectivity index (χ1v) is 7.04. The molecule has 0 saturated carbocycles. The number of hydrogen-bond acceptors (Lipinski definition) is 2. The van der Waals surface area contributed by atoms with Gasteiger partial charge in [0.1, 0.15) is 0 Å². The average Bonchev–Trinajstić information content (AvgIpc) is 2.78. The van der Waals surface area contributed by atoms with Crippen molar-refractivity contribution in [2.45, 2.75) is 33.3 Å². The van der Waals surface area contributed by atoms with E-state index in [1.165, 1.54) is 12.0 Å². The van der Waals surface area contributed by atoms with E-state index in [1.807, 2.05) is 18.2 Å². The standard InChI is InChI=1S/C16H25NO/c1-12(2)14-8-9-17(10-14)11-16(18)15-7-5-4-6-13(15)3/h4-7,12,14,16,18H,8-11H2,1-3H3. The average molecular weight is 247 g/mol. The molecule has 1 N–H and O–H groups in total. The van der Waals surface area contributed by atoms with Gasteiger partial charge in [-0.1, -0.05) is 38.1 Å². The molecule has 0 aliphatic carbocycles. The Balaban J connectivity index is 1.93. The largest absolute Gasteiger partial charge is 0.387 e. The monoisotopic (exact) mass is 247 g/mol. The Morgan fingerprint density at radius 2 is 2.06 bits per heavy atom. The molecule has 0 radical (unpaired) electrons. The van der Waals surface area contributed by atoms with Gasteiger partial charge in [-0.3, -0.25) is 0 Å². The van der Waals surface area contributed by atoms with Crippen LogP contribution in [0.5, 0.6) is 0 Å². The fourth-order valence-corrected chi connectivity index (χ4v) is 2.88. The van der Waals surface area contributed by atoms with E-state index in [4.69, 9.17) is 0 Å². The molecular weight excluding hydrogens is 222 g/mol. The molecule has 2 atom stereocenters. The van der Waals surface area contributed by atoms with Crippen LogP contribution in [0.25, 0.3) is 0 Å². The lowest BCUT2D eigenvalue weighted by atomic mass is 9.95. The van der Waals surface area contributed by atoms with Crippen molar-refractivity contribution in [3.63, 3.8) is 0 Å². The molecule has 1 aliphatic rings. The van der Waals surface area contributed by atoms with Crippen molar-refractivity contribution in [1.82, 2.24) is 4.90 Å². The summed E-state index contributed by atoms with van der Waals surface area (Å²) in [5.74, 6) is 1.56. The van der Waals surface area contributed by atoms with Crippen LogP contribution in [0.1, 0.15) is 37.5 Å². The Morgan fingerprint density at radius 3 is 2.67 bits per heavy atom. The maximum absolute atomic E-state index is 10.3. The maximum atomic E-state index is 10.3. The molecule has 100 valence electrons. The first kappa shape index (κ1) is 13.6. The summed E-state index contributed by atoms with van der Waals surface area (Å²) in [5.41, 5.74) is 2.26. The molecule has 0 bridgehead atoms. The van der Waals surface area contributed by atoms with E-state index in [-0.39, 0.29) is 6.10 Å². The first-order chi connectivity index (χ1) is 8.58. The highest BCUT2D eigenvalue weighted by molar-refractivity contribution is 5.27. The SMILES string of the molecule is Cc1ccccc1C(O)CN1CCC(C(C)C)C1. The van der Waals surface area contributed by atoms with Crippen LogP contribution in [0.4, 0.5) is 0 Å². The number of benzene rings is 1. The molecule has 0 aromatic heterocycles. The van der Waals surface area contributed by atoms with Gasteiger partial charge in [0.05, 0.1) is 6.10 Å². The molecule has 1 aromatic carbocycles. The van der Waals surface area contributed by atoms with Gasteiger partial charge in [0.15, 0.2) is 0 Å². The maximum Gasteiger partial charge on any atom is 0.0919 e. The summed E-state index contributed by atoms with van der Waals surface area (Å²) >= 11 is 0. The summed E-state index contributed by atoms with van der Waals surface area (Å²) in [6.07, 6.45) is 0.926. The van der Waals surface area contributed by atoms with Gasteiger partial charge in [-0.15, -0.1) is 0 Å². The highest BCUT2D eigenvalue weighted by Gasteiger charge is 2.26. The number of rotatable bonds is 4. The van der Waals surface area contributed by atoms with Crippen LogP contribution in [-0.2, 0) is 0 Å². The van der Waals surface area contributed by atoms with E-state index in [1.54, 1.807) is 0 Å². The molecule has 2 heteroatoms. The second kappa shape index (κ2) is 5.85. The molecule has 1 heterocycles. The topological polar surface area (TPSA) is 23.5 Å². The Morgan fingerprint density at radius 1 is 1.33 bits per heavy atom. The molecule has 1 aromatic rings. The van der Waals surface area contributed by atoms with Crippen LogP contribution < -0.4 is 0 Å². The highest BCUT2D eigenvalue weighted by atomic mass is 16.3. The molecule has 2 nitrogen and oxygen atoms in total. The molecule has 1 fully saturated rings. The van der Waals surface area contributed by atoms with Crippen molar-refractivity contribution < 1.29 is 5.11 Å². The van der Waals surface area contributed by atoms with Crippen molar-refractivity contribution in [1.29, 1.82) is 0 Å². The number of hydrogen-bond donors (Lipinski definition) is 1. The Kier molecular flexibility index (Phi) is 4.41. The van der Waals surface area contributed by atoms with Crippen molar-refractivity contribution in [3.05, 3.63) is 35.4 Å². The summed E-state index contributed by atoms with van der Waals surface area (Å²) in [6, 6.07) is 8.14. The van der Waals surface area contributed by atoms with E-state index < -0.39 is 0 Å².